The molecule has 2 heterocycles. The van der Waals surface area contributed by atoms with E-state index in [1.54, 1.807) is 0 Å². The largest absolute Gasteiger partial charge is 0.381 e. The lowest BCUT2D eigenvalue weighted by atomic mass is 10.0. The van der Waals surface area contributed by atoms with Crippen LogP contribution in [0.2, 0.25) is 0 Å². The molecule has 1 aromatic rings. The summed E-state index contributed by atoms with van der Waals surface area (Å²) >= 11 is 0. The van der Waals surface area contributed by atoms with Gasteiger partial charge in [0.2, 0.25) is 6.19 Å². The van der Waals surface area contributed by atoms with Gasteiger partial charge in [-0.1, -0.05) is 6.07 Å². The van der Waals surface area contributed by atoms with E-state index in [4.69, 9.17) is 10.00 Å². The number of fused-ring (bicyclic) bond motifs is 1. The second-order valence-electron chi connectivity index (χ2n) is 4.71. The molecule has 100 valence electrons. The minimum Gasteiger partial charge on any atom is -0.381 e. The van der Waals surface area contributed by atoms with Crippen LogP contribution >= 0.6 is 0 Å². The molecule has 0 spiro atoms. The summed E-state index contributed by atoms with van der Waals surface area (Å²) in [5, 5.41) is 8.71. The Bertz CT molecular complexity index is 477. The van der Waals surface area contributed by atoms with Crippen LogP contribution in [0, 0.1) is 11.5 Å². The molecule has 0 saturated carbocycles. The van der Waals surface area contributed by atoms with Crippen molar-refractivity contribution in [1.29, 1.82) is 5.26 Å². The smallest absolute Gasteiger partial charge is 0.205 e. The van der Waals surface area contributed by atoms with Crippen LogP contribution in [-0.2, 0) is 17.6 Å². The molecule has 0 radical (unpaired) electrons. The highest BCUT2D eigenvalue weighted by Gasteiger charge is 2.08. The van der Waals surface area contributed by atoms with Crippen molar-refractivity contribution in [3.63, 3.8) is 0 Å². The van der Waals surface area contributed by atoms with Crippen LogP contribution < -0.4 is 0 Å². The highest BCUT2D eigenvalue weighted by Crippen LogP contribution is 2.13. The highest BCUT2D eigenvalue weighted by molar-refractivity contribution is 5.85. The Labute approximate surface area is 114 Å². The summed E-state index contributed by atoms with van der Waals surface area (Å²) in [4.78, 5) is 8.38. The standard InChI is InChI=1S/C15H19N3O/c16-12-18-14-7-6-13-4-3-9-17-15(13)5-1-2-10-19-11-8-14/h3-4,9H,1-2,5-8,10-11H2. The molecule has 0 atom stereocenters. The van der Waals surface area contributed by atoms with Crippen LogP contribution in [0.25, 0.3) is 0 Å². The molecule has 1 aliphatic rings. The summed E-state index contributed by atoms with van der Waals surface area (Å²) < 4.78 is 5.56. The van der Waals surface area contributed by atoms with E-state index in [-0.39, 0.29) is 0 Å². The number of aryl methyl sites for hydroxylation is 2. The fourth-order valence-corrected chi connectivity index (χ4v) is 2.30. The summed E-state index contributed by atoms with van der Waals surface area (Å²) in [6, 6.07) is 4.11. The molecule has 1 aliphatic heterocycles. The Balaban J connectivity index is 2.12. The summed E-state index contributed by atoms with van der Waals surface area (Å²) in [7, 11) is 0. The van der Waals surface area contributed by atoms with Gasteiger partial charge in [0.15, 0.2) is 0 Å². The first-order valence-electron chi connectivity index (χ1n) is 6.85. The molecule has 0 amide bonds. The molecule has 4 heteroatoms. The number of pyridine rings is 1. The first kappa shape index (κ1) is 13.7. The maximum Gasteiger partial charge on any atom is 0.205 e. The molecule has 0 saturated heterocycles. The quantitative estimate of drug-likeness (QED) is 0.671. The van der Waals surface area contributed by atoms with Crippen molar-refractivity contribution in [3.8, 4) is 6.19 Å². The van der Waals surface area contributed by atoms with Gasteiger partial charge in [0.25, 0.3) is 0 Å². The molecule has 0 fully saturated rings. The van der Waals surface area contributed by atoms with Crippen LogP contribution in [0.15, 0.2) is 23.3 Å². The summed E-state index contributed by atoms with van der Waals surface area (Å²) in [5.74, 6) is 0. The topological polar surface area (TPSA) is 58.3 Å². The van der Waals surface area contributed by atoms with E-state index >= 15 is 0 Å². The summed E-state index contributed by atoms with van der Waals surface area (Å²) in [5.41, 5.74) is 3.40. The average molecular weight is 257 g/mol. The number of aliphatic imine (C=N–C) groups is 1. The van der Waals surface area contributed by atoms with Gasteiger partial charge < -0.3 is 4.74 Å². The van der Waals surface area contributed by atoms with E-state index in [0.29, 0.717) is 6.61 Å². The molecule has 1 aromatic heterocycles. The van der Waals surface area contributed by atoms with Gasteiger partial charge in [-0.3, -0.25) is 4.98 Å². The molecule has 0 aliphatic carbocycles. The predicted molar refractivity (Wildman–Crippen MR) is 74.0 cm³/mol. The molecule has 0 unspecified atom stereocenters. The van der Waals surface area contributed by atoms with Gasteiger partial charge in [-0.2, -0.15) is 10.3 Å². The maximum atomic E-state index is 8.71. The highest BCUT2D eigenvalue weighted by atomic mass is 16.5. The van der Waals surface area contributed by atoms with E-state index in [1.165, 1.54) is 11.3 Å². The van der Waals surface area contributed by atoms with Crippen molar-refractivity contribution in [2.24, 2.45) is 4.99 Å². The summed E-state index contributed by atoms with van der Waals surface area (Å²) in [6.45, 7) is 1.45. The Morgan fingerprint density at radius 1 is 1.16 bits per heavy atom. The van der Waals surface area contributed by atoms with Crippen LogP contribution in [0.1, 0.15) is 36.9 Å². The van der Waals surface area contributed by atoms with E-state index in [1.807, 2.05) is 18.5 Å². The van der Waals surface area contributed by atoms with E-state index in [2.05, 4.69) is 16.0 Å². The van der Waals surface area contributed by atoms with Crippen molar-refractivity contribution < 1.29 is 4.74 Å². The van der Waals surface area contributed by atoms with Gasteiger partial charge >= 0.3 is 0 Å². The monoisotopic (exact) mass is 257 g/mol. The number of hydrogen-bond acceptors (Lipinski definition) is 4. The van der Waals surface area contributed by atoms with Gasteiger partial charge in [0, 0.05) is 30.6 Å². The third kappa shape index (κ3) is 4.46. The van der Waals surface area contributed by atoms with Gasteiger partial charge in [-0.05, 0) is 43.7 Å². The number of hydrogen-bond donors (Lipinski definition) is 0. The number of aromatic nitrogens is 1. The van der Waals surface area contributed by atoms with E-state index in [9.17, 15) is 0 Å². The zero-order chi connectivity index (χ0) is 13.3. The fourth-order valence-electron chi connectivity index (χ4n) is 2.30. The SMILES string of the molecule is N#CN=C1CCOCCCCc2ncccc2CC1. The van der Waals surface area contributed by atoms with Gasteiger partial charge in [0.1, 0.15) is 0 Å². The van der Waals surface area contributed by atoms with Crippen molar-refractivity contribution >= 4 is 5.71 Å². The fraction of sp³-hybridized carbons (Fsp3) is 0.533. The van der Waals surface area contributed by atoms with E-state index < -0.39 is 0 Å². The number of rotatable bonds is 0. The molecular weight excluding hydrogens is 238 g/mol. The molecule has 4 nitrogen and oxygen atoms in total. The van der Waals surface area contributed by atoms with Gasteiger partial charge in [0.05, 0.1) is 6.61 Å². The number of nitriles is 1. The lowest BCUT2D eigenvalue weighted by Crippen LogP contribution is -2.09. The maximum absolute atomic E-state index is 8.71. The minimum absolute atomic E-state index is 0.667. The normalized spacial score (nSPS) is 19.8. The zero-order valence-corrected chi connectivity index (χ0v) is 11.1. The molecule has 0 aromatic carbocycles. The van der Waals surface area contributed by atoms with Crippen LogP contribution in [0.5, 0.6) is 0 Å². The second kappa shape index (κ2) is 7.65. The molecule has 0 N–H and O–H groups in total. The first-order valence-corrected chi connectivity index (χ1v) is 6.85. The van der Waals surface area contributed by atoms with E-state index in [0.717, 1.165) is 50.8 Å². The lowest BCUT2D eigenvalue weighted by molar-refractivity contribution is 0.137. The van der Waals surface area contributed by atoms with Gasteiger partial charge in [-0.25, -0.2) is 0 Å². The van der Waals surface area contributed by atoms with Crippen molar-refractivity contribution in [2.45, 2.75) is 38.5 Å². The Morgan fingerprint density at radius 3 is 3.00 bits per heavy atom. The summed E-state index contributed by atoms with van der Waals surface area (Å²) in [6.07, 6.45) is 9.39. The lowest BCUT2D eigenvalue weighted by Gasteiger charge is -2.11. The van der Waals surface area contributed by atoms with Crippen molar-refractivity contribution in [3.05, 3.63) is 29.6 Å². The first-order chi connectivity index (χ1) is 9.40. The third-order valence-corrected chi connectivity index (χ3v) is 3.36. The molecule has 2 rings (SSSR count). The number of ether oxygens (including phenoxy) is 1. The minimum atomic E-state index is 0.667. The van der Waals surface area contributed by atoms with Gasteiger partial charge in [-0.15, -0.1) is 0 Å². The third-order valence-electron chi connectivity index (χ3n) is 3.36. The Kier molecular flexibility index (Phi) is 5.51. The van der Waals surface area contributed by atoms with Crippen LogP contribution in [0.3, 0.4) is 0 Å². The molecular formula is C15H19N3O. The van der Waals surface area contributed by atoms with Crippen LogP contribution in [0.4, 0.5) is 0 Å². The van der Waals surface area contributed by atoms with Crippen LogP contribution in [-0.4, -0.2) is 23.9 Å². The number of nitrogens with zero attached hydrogens (tertiary/aromatic N) is 3. The predicted octanol–water partition coefficient (Wildman–Crippen LogP) is 2.68. The van der Waals surface area contributed by atoms with Crippen molar-refractivity contribution in [1.82, 2.24) is 4.98 Å². The zero-order valence-electron chi connectivity index (χ0n) is 11.1. The Morgan fingerprint density at radius 2 is 2.11 bits per heavy atom. The second-order valence-corrected chi connectivity index (χ2v) is 4.71. The Hall–Kier alpha value is -1.73. The van der Waals surface area contributed by atoms with Crippen molar-refractivity contribution in [2.75, 3.05) is 13.2 Å². The molecule has 19 heavy (non-hydrogen) atoms. The molecule has 0 bridgehead atoms. The average Bonchev–Trinajstić information content (AvgIpc) is 2.43.